The summed E-state index contributed by atoms with van der Waals surface area (Å²) >= 11 is 0. The molecule has 150 valence electrons. The Morgan fingerprint density at radius 1 is 0.880 bits per heavy atom. The van der Waals surface area contributed by atoms with E-state index >= 15 is 0 Å². The van der Waals surface area contributed by atoms with Gasteiger partial charge in [0.2, 0.25) is 5.91 Å². The zero-order valence-electron chi connectivity index (χ0n) is 17.1. The summed E-state index contributed by atoms with van der Waals surface area (Å²) in [6.45, 7) is 18.7. The zero-order valence-corrected chi connectivity index (χ0v) is 17.1. The van der Waals surface area contributed by atoms with Crippen molar-refractivity contribution in [3.8, 4) is 0 Å². The number of hydrogen-bond donors (Lipinski definition) is 0. The van der Waals surface area contributed by atoms with Crippen LogP contribution in [0.3, 0.4) is 0 Å². The molecule has 0 unspecified atom stereocenters. The molecule has 0 bridgehead atoms. The Balaban J connectivity index is 0.00000277. The molecular formula is C19H40N2O4. The van der Waals surface area contributed by atoms with E-state index < -0.39 is 0 Å². The van der Waals surface area contributed by atoms with E-state index in [1.807, 2.05) is 18.7 Å². The molecule has 0 aliphatic carbocycles. The predicted molar refractivity (Wildman–Crippen MR) is 102 cm³/mol. The lowest BCUT2D eigenvalue weighted by Crippen LogP contribution is -2.48. The number of amides is 1. The van der Waals surface area contributed by atoms with Gasteiger partial charge in [-0.05, 0) is 12.5 Å². The lowest BCUT2D eigenvalue weighted by molar-refractivity contribution is -0.134. The third kappa shape index (κ3) is 13.2. The van der Waals surface area contributed by atoms with Crippen molar-refractivity contribution >= 4 is 5.91 Å². The average Bonchev–Trinajstić information content (AvgIpc) is 2.64. The van der Waals surface area contributed by atoms with Gasteiger partial charge in [-0.2, -0.15) is 0 Å². The minimum atomic E-state index is 0.198. The number of ether oxygens (including phenoxy) is 3. The molecular weight excluding hydrogens is 320 g/mol. The van der Waals surface area contributed by atoms with Crippen LogP contribution in [0.5, 0.6) is 0 Å². The summed E-state index contributed by atoms with van der Waals surface area (Å²) in [4.78, 5) is 16.3. The number of carbonyl (C=O) groups excluding carboxylic acids is 1. The van der Waals surface area contributed by atoms with Crippen molar-refractivity contribution in [3.05, 3.63) is 0 Å². The van der Waals surface area contributed by atoms with Crippen molar-refractivity contribution in [2.75, 3.05) is 72.4 Å². The summed E-state index contributed by atoms with van der Waals surface area (Å²) < 4.78 is 16.3. The molecule has 0 saturated carbocycles. The van der Waals surface area contributed by atoms with E-state index in [9.17, 15) is 4.79 Å². The van der Waals surface area contributed by atoms with Gasteiger partial charge < -0.3 is 24.0 Å². The van der Waals surface area contributed by atoms with Crippen molar-refractivity contribution in [1.29, 1.82) is 0 Å². The Morgan fingerprint density at radius 3 is 1.92 bits per heavy atom. The van der Waals surface area contributed by atoms with E-state index in [1.165, 1.54) is 0 Å². The van der Waals surface area contributed by atoms with Gasteiger partial charge in [-0.1, -0.05) is 34.6 Å². The van der Waals surface area contributed by atoms with E-state index in [-0.39, 0.29) is 5.91 Å². The molecule has 6 heteroatoms. The van der Waals surface area contributed by atoms with Gasteiger partial charge >= 0.3 is 0 Å². The number of rotatable bonds is 12. The molecule has 0 N–H and O–H groups in total. The summed E-state index contributed by atoms with van der Waals surface area (Å²) in [5.74, 6) is 0.754. The number of piperazine rings is 1. The largest absolute Gasteiger partial charge is 0.379 e. The van der Waals surface area contributed by atoms with Gasteiger partial charge in [0.25, 0.3) is 0 Å². The standard InChI is InChI=1S/C17H34N2O4.C2H6/c1-4-18-6-8-19(9-7-18)17(20)5-10-21-11-12-22-13-14-23-15-16(2)3;1-2/h16H,4-15H2,1-3H3;1-2H3. The van der Waals surface area contributed by atoms with Gasteiger partial charge in [-0.25, -0.2) is 0 Å². The summed E-state index contributed by atoms with van der Waals surface area (Å²) in [5, 5.41) is 0. The maximum Gasteiger partial charge on any atom is 0.224 e. The number of hydrogen-bond acceptors (Lipinski definition) is 5. The molecule has 1 saturated heterocycles. The van der Waals surface area contributed by atoms with E-state index in [0.29, 0.717) is 45.4 Å². The second kappa shape index (κ2) is 16.8. The molecule has 0 aromatic carbocycles. The maximum atomic E-state index is 12.0. The highest BCUT2D eigenvalue weighted by atomic mass is 16.5. The van der Waals surface area contributed by atoms with Crippen LogP contribution in [-0.2, 0) is 19.0 Å². The molecule has 0 radical (unpaired) electrons. The summed E-state index contributed by atoms with van der Waals surface area (Å²) in [5.41, 5.74) is 0. The van der Waals surface area contributed by atoms with Crippen LogP contribution in [0, 0.1) is 5.92 Å². The topological polar surface area (TPSA) is 51.2 Å². The van der Waals surface area contributed by atoms with Crippen molar-refractivity contribution in [2.24, 2.45) is 5.92 Å². The maximum absolute atomic E-state index is 12.0. The Kier molecular flexibility index (Phi) is 16.3. The van der Waals surface area contributed by atoms with Gasteiger partial charge in [0, 0.05) is 32.8 Å². The minimum Gasteiger partial charge on any atom is -0.379 e. The highest BCUT2D eigenvalue weighted by Crippen LogP contribution is 2.03. The van der Waals surface area contributed by atoms with Crippen molar-refractivity contribution in [3.63, 3.8) is 0 Å². The normalized spacial score (nSPS) is 15.2. The third-order valence-electron chi connectivity index (χ3n) is 3.83. The lowest BCUT2D eigenvalue weighted by atomic mass is 10.2. The summed E-state index contributed by atoms with van der Waals surface area (Å²) in [7, 11) is 0. The van der Waals surface area contributed by atoms with E-state index in [2.05, 4.69) is 25.7 Å². The van der Waals surface area contributed by atoms with Crippen molar-refractivity contribution < 1.29 is 19.0 Å². The van der Waals surface area contributed by atoms with Crippen LogP contribution in [0.25, 0.3) is 0 Å². The van der Waals surface area contributed by atoms with Crippen LogP contribution < -0.4 is 0 Å². The molecule has 1 heterocycles. The lowest BCUT2D eigenvalue weighted by Gasteiger charge is -2.34. The van der Waals surface area contributed by atoms with Gasteiger partial charge in [-0.15, -0.1) is 0 Å². The second-order valence-corrected chi connectivity index (χ2v) is 6.26. The molecule has 0 aromatic heterocycles. The summed E-state index contributed by atoms with van der Waals surface area (Å²) in [6, 6.07) is 0. The third-order valence-corrected chi connectivity index (χ3v) is 3.83. The Morgan fingerprint density at radius 2 is 1.40 bits per heavy atom. The molecule has 0 spiro atoms. The van der Waals surface area contributed by atoms with Crippen LogP contribution in [0.4, 0.5) is 0 Å². The molecule has 25 heavy (non-hydrogen) atoms. The average molecular weight is 361 g/mol. The minimum absolute atomic E-state index is 0.198. The SMILES string of the molecule is CC.CCN1CCN(C(=O)CCOCCOCCOCC(C)C)CC1. The fourth-order valence-corrected chi connectivity index (χ4v) is 2.39. The molecule has 1 amide bonds. The Labute approximate surface area is 154 Å². The predicted octanol–water partition coefficient (Wildman–Crippen LogP) is 2.27. The van der Waals surface area contributed by atoms with E-state index in [1.54, 1.807) is 0 Å². The van der Waals surface area contributed by atoms with Gasteiger partial charge in [0.05, 0.1) is 39.5 Å². The molecule has 6 nitrogen and oxygen atoms in total. The highest BCUT2D eigenvalue weighted by Gasteiger charge is 2.19. The first kappa shape index (κ1) is 24.3. The van der Waals surface area contributed by atoms with E-state index in [0.717, 1.165) is 39.3 Å². The van der Waals surface area contributed by atoms with Gasteiger partial charge in [0.15, 0.2) is 0 Å². The molecule has 1 aliphatic heterocycles. The first-order valence-corrected chi connectivity index (χ1v) is 9.86. The first-order chi connectivity index (χ1) is 12.1. The monoisotopic (exact) mass is 360 g/mol. The fraction of sp³-hybridized carbons (Fsp3) is 0.947. The molecule has 0 atom stereocenters. The molecule has 1 aliphatic rings. The van der Waals surface area contributed by atoms with Crippen molar-refractivity contribution in [2.45, 2.75) is 41.0 Å². The number of carbonyl (C=O) groups is 1. The molecule has 1 rings (SSSR count). The molecule has 1 fully saturated rings. The van der Waals surface area contributed by atoms with Crippen LogP contribution >= 0.6 is 0 Å². The van der Waals surface area contributed by atoms with Crippen LogP contribution in [-0.4, -0.2) is 88.1 Å². The van der Waals surface area contributed by atoms with Gasteiger partial charge in [-0.3, -0.25) is 4.79 Å². The first-order valence-electron chi connectivity index (χ1n) is 9.86. The smallest absolute Gasteiger partial charge is 0.224 e. The van der Waals surface area contributed by atoms with E-state index in [4.69, 9.17) is 14.2 Å². The fourth-order valence-electron chi connectivity index (χ4n) is 2.39. The molecule has 0 aromatic rings. The highest BCUT2D eigenvalue weighted by molar-refractivity contribution is 5.76. The quantitative estimate of drug-likeness (QED) is 0.500. The van der Waals surface area contributed by atoms with Gasteiger partial charge in [0.1, 0.15) is 0 Å². The van der Waals surface area contributed by atoms with Crippen molar-refractivity contribution in [1.82, 2.24) is 9.80 Å². The van der Waals surface area contributed by atoms with Crippen LogP contribution in [0.15, 0.2) is 0 Å². The Hall–Kier alpha value is -0.690. The number of likely N-dealkylation sites (N-methyl/N-ethyl adjacent to an activating group) is 1. The second-order valence-electron chi connectivity index (χ2n) is 6.26. The Bertz CT molecular complexity index is 306. The zero-order chi connectivity index (χ0) is 18.9. The van der Waals surface area contributed by atoms with Crippen LogP contribution in [0.1, 0.15) is 41.0 Å². The summed E-state index contributed by atoms with van der Waals surface area (Å²) in [6.07, 6.45) is 0.462. The van der Waals surface area contributed by atoms with Crippen LogP contribution in [0.2, 0.25) is 0 Å². The number of nitrogens with zero attached hydrogens (tertiary/aromatic N) is 2.